The highest BCUT2D eigenvalue weighted by molar-refractivity contribution is 5.78. The molecule has 0 saturated heterocycles. The van der Waals surface area contributed by atoms with Gasteiger partial charge in [0.15, 0.2) is 0 Å². The molecule has 0 aromatic heterocycles. The maximum atomic E-state index is 12.1. The lowest BCUT2D eigenvalue weighted by Gasteiger charge is -2.25. The molecule has 2 unspecified atom stereocenters. The maximum Gasteiger partial charge on any atom is 0.272 e. The van der Waals surface area contributed by atoms with Crippen molar-refractivity contribution in [3.8, 4) is 0 Å². The SMILES string of the molecule is NC1CCCC(C(=O)NCCc2ccccc2[N+](=O)[O-])C1. The number of benzene rings is 1. The highest BCUT2D eigenvalue weighted by Crippen LogP contribution is 2.23. The summed E-state index contributed by atoms with van der Waals surface area (Å²) in [5.74, 6) is 0.00300. The second-order valence-corrected chi connectivity index (χ2v) is 5.55. The molecule has 114 valence electrons. The molecule has 6 nitrogen and oxygen atoms in total. The van der Waals surface area contributed by atoms with E-state index in [4.69, 9.17) is 5.73 Å². The van der Waals surface area contributed by atoms with Gasteiger partial charge in [-0.05, 0) is 25.7 Å². The van der Waals surface area contributed by atoms with Gasteiger partial charge in [0.25, 0.3) is 5.69 Å². The normalized spacial score (nSPS) is 21.8. The Bertz CT molecular complexity index is 519. The Hall–Kier alpha value is -1.95. The van der Waals surface area contributed by atoms with Gasteiger partial charge in [-0.1, -0.05) is 24.6 Å². The Morgan fingerprint density at radius 2 is 2.14 bits per heavy atom. The zero-order valence-electron chi connectivity index (χ0n) is 12.0. The Morgan fingerprint density at radius 1 is 1.38 bits per heavy atom. The highest BCUT2D eigenvalue weighted by atomic mass is 16.6. The zero-order chi connectivity index (χ0) is 15.2. The third-order valence-electron chi connectivity index (χ3n) is 3.97. The average Bonchev–Trinajstić information content (AvgIpc) is 2.47. The van der Waals surface area contributed by atoms with Gasteiger partial charge < -0.3 is 11.1 Å². The van der Waals surface area contributed by atoms with Crippen molar-refractivity contribution in [1.82, 2.24) is 5.32 Å². The molecule has 1 saturated carbocycles. The van der Waals surface area contributed by atoms with E-state index in [9.17, 15) is 14.9 Å². The molecule has 0 spiro atoms. The smallest absolute Gasteiger partial charge is 0.272 e. The van der Waals surface area contributed by atoms with Crippen LogP contribution in [-0.4, -0.2) is 23.4 Å². The highest BCUT2D eigenvalue weighted by Gasteiger charge is 2.25. The summed E-state index contributed by atoms with van der Waals surface area (Å²) >= 11 is 0. The standard InChI is InChI=1S/C15H21N3O3/c16-13-6-3-5-12(10-13)15(19)17-9-8-11-4-1-2-7-14(11)18(20)21/h1-2,4,7,12-13H,3,5-6,8-10,16H2,(H,17,19). The number of para-hydroxylation sites is 1. The molecule has 1 fully saturated rings. The molecule has 6 heteroatoms. The number of carbonyl (C=O) groups is 1. The van der Waals surface area contributed by atoms with Crippen LogP contribution in [0.3, 0.4) is 0 Å². The zero-order valence-corrected chi connectivity index (χ0v) is 12.0. The molecule has 1 aliphatic rings. The van der Waals surface area contributed by atoms with E-state index in [1.165, 1.54) is 6.07 Å². The van der Waals surface area contributed by atoms with Crippen molar-refractivity contribution in [2.75, 3.05) is 6.54 Å². The fourth-order valence-electron chi connectivity index (χ4n) is 2.83. The second kappa shape index (κ2) is 7.17. The van der Waals surface area contributed by atoms with Crippen molar-refractivity contribution in [2.24, 2.45) is 11.7 Å². The van der Waals surface area contributed by atoms with Crippen molar-refractivity contribution in [2.45, 2.75) is 38.1 Å². The summed E-state index contributed by atoms with van der Waals surface area (Å²) in [6.07, 6.45) is 4.05. The van der Waals surface area contributed by atoms with E-state index in [2.05, 4.69) is 5.32 Å². The van der Waals surface area contributed by atoms with Crippen LogP contribution in [0.15, 0.2) is 24.3 Å². The fourth-order valence-corrected chi connectivity index (χ4v) is 2.83. The predicted molar refractivity (Wildman–Crippen MR) is 79.7 cm³/mol. The molecule has 21 heavy (non-hydrogen) atoms. The molecule has 0 heterocycles. The van der Waals surface area contributed by atoms with E-state index in [1.807, 2.05) is 0 Å². The number of nitro groups is 1. The van der Waals surface area contributed by atoms with Crippen molar-refractivity contribution >= 4 is 11.6 Å². The van der Waals surface area contributed by atoms with Gasteiger partial charge in [-0.3, -0.25) is 14.9 Å². The number of nitrogens with one attached hydrogen (secondary N) is 1. The number of nitro benzene ring substituents is 1. The van der Waals surface area contributed by atoms with E-state index >= 15 is 0 Å². The average molecular weight is 291 g/mol. The number of nitrogens with two attached hydrogens (primary N) is 1. The number of nitrogens with zero attached hydrogens (tertiary/aromatic N) is 1. The minimum atomic E-state index is -0.392. The Morgan fingerprint density at radius 3 is 2.86 bits per heavy atom. The number of amides is 1. The first-order valence-corrected chi connectivity index (χ1v) is 7.33. The summed E-state index contributed by atoms with van der Waals surface area (Å²) in [6, 6.07) is 6.73. The lowest BCUT2D eigenvalue weighted by Crippen LogP contribution is -2.38. The molecular formula is C15H21N3O3. The topological polar surface area (TPSA) is 98.3 Å². The molecule has 0 aliphatic heterocycles. The van der Waals surface area contributed by atoms with E-state index in [0.29, 0.717) is 18.5 Å². The number of hydrogen-bond acceptors (Lipinski definition) is 4. The Balaban J connectivity index is 1.84. The molecule has 1 aliphatic carbocycles. The van der Waals surface area contributed by atoms with Crippen LogP contribution in [0.1, 0.15) is 31.2 Å². The van der Waals surface area contributed by atoms with Crippen molar-refractivity contribution in [3.63, 3.8) is 0 Å². The molecule has 2 rings (SSSR count). The van der Waals surface area contributed by atoms with Gasteiger partial charge in [0, 0.05) is 30.1 Å². The van der Waals surface area contributed by atoms with Gasteiger partial charge >= 0.3 is 0 Å². The van der Waals surface area contributed by atoms with Crippen molar-refractivity contribution < 1.29 is 9.72 Å². The van der Waals surface area contributed by atoms with Gasteiger partial charge in [0.1, 0.15) is 0 Å². The maximum absolute atomic E-state index is 12.1. The molecule has 1 aromatic carbocycles. The molecule has 0 bridgehead atoms. The lowest BCUT2D eigenvalue weighted by atomic mass is 9.85. The summed E-state index contributed by atoms with van der Waals surface area (Å²) in [6.45, 7) is 0.412. The van der Waals surface area contributed by atoms with E-state index in [1.54, 1.807) is 18.2 Å². The third-order valence-corrected chi connectivity index (χ3v) is 3.97. The van der Waals surface area contributed by atoms with Crippen molar-refractivity contribution in [1.29, 1.82) is 0 Å². The first-order chi connectivity index (χ1) is 10.1. The second-order valence-electron chi connectivity index (χ2n) is 5.55. The van der Waals surface area contributed by atoms with Crippen LogP contribution in [0.4, 0.5) is 5.69 Å². The van der Waals surface area contributed by atoms with Crippen LogP contribution in [0, 0.1) is 16.0 Å². The van der Waals surface area contributed by atoms with Crippen LogP contribution in [0.5, 0.6) is 0 Å². The molecular weight excluding hydrogens is 270 g/mol. The first-order valence-electron chi connectivity index (χ1n) is 7.33. The third kappa shape index (κ3) is 4.26. The Kier molecular flexibility index (Phi) is 5.27. The molecule has 1 amide bonds. The largest absolute Gasteiger partial charge is 0.356 e. The minimum absolute atomic E-state index is 0.0143. The van der Waals surface area contributed by atoms with Crippen LogP contribution < -0.4 is 11.1 Å². The van der Waals surface area contributed by atoms with Crippen LogP contribution >= 0.6 is 0 Å². The van der Waals surface area contributed by atoms with E-state index in [-0.39, 0.29) is 23.6 Å². The fraction of sp³-hybridized carbons (Fsp3) is 0.533. The monoisotopic (exact) mass is 291 g/mol. The van der Waals surface area contributed by atoms with Gasteiger partial charge in [0.05, 0.1) is 4.92 Å². The molecule has 0 radical (unpaired) electrons. The number of hydrogen-bond donors (Lipinski definition) is 2. The molecule has 1 aromatic rings. The summed E-state index contributed by atoms with van der Waals surface area (Å²) in [7, 11) is 0. The quantitative estimate of drug-likeness (QED) is 0.638. The Labute approximate surface area is 123 Å². The summed E-state index contributed by atoms with van der Waals surface area (Å²) < 4.78 is 0. The minimum Gasteiger partial charge on any atom is -0.356 e. The summed E-state index contributed by atoms with van der Waals surface area (Å²) in [4.78, 5) is 22.6. The van der Waals surface area contributed by atoms with Gasteiger partial charge in [-0.15, -0.1) is 0 Å². The van der Waals surface area contributed by atoms with Crippen LogP contribution in [0.2, 0.25) is 0 Å². The summed E-state index contributed by atoms with van der Waals surface area (Å²) in [5, 5.41) is 13.8. The van der Waals surface area contributed by atoms with Gasteiger partial charge in [-0.2, -0.15) is 0 Å². The summed E-state index contributed by atoms with van der Waals surface area (Å²) in [5.41, 5.74) is 6.63. The van der Waals surface area contributed by atoms with E-state index < -0.39 is 4.92 Å². The molecule has 2 atom stereocenters. The van der Waals surface area contributed by atoms with Crippen molar-refractivity contribution in [3.05, 3.63) is 39.9 Å². The lowest BCUT2D eigenvalue weighted by molar-refractivity contribution is -0.385. The number of carbonyl (C=O) groups excluding carboxylic acids is 1. The van der Waals surface area contributed by atoms with Gasteiger partial charge in [-0.25, -0.2) is 0 Å². The van der Waals surface area contributed by atoms with Crippen LogP contribution in [-0.2, 0) is 11.2 Å². The van der Waals surface area contributed by atoms with Crippen LogP contribution in [0.25, 0.3) is 0 Å². The first kappa shape index (κ1) is 15.4. The number of rotatable bonds is 5. The van der Waals surface area contributed by atoms with Gasteiger partial charge in [0.2, 0.25) is 5.91 Å². The van der Waals surface area contributed by atoms with E-state index in [0.717, 1.165) is 25.7 Å². The predicted octanol–water partition coefficient (Wildman–Crippen LogP) is 1.77. The molecule has 3 N–H and O–H groups in total.